The molecule has 2 aromatic heterocycles. The number of pyridine rings is 1. The van der Waals surface area contributed by atoms with Gasteiger partial charge in [-0.05, 0) is 43.9 Å². The molecular formula is C19H20F3N5O. The van der Waals surface area contributed by atoms with Gasteiger partial charge >= 0.3 is 6.18 Å². The third-order valence-electron chi connectivity index (χ3n) is 5.22. The van der Waals surface area contributed by atoms with Crippen LogP contribution in [0.5, 0.6) is 0 Å². The first kappa shape index (κ1) is 18.6. The van der Waals surface area contributed by atoms with Crippen LogP contribution < -0.4 is 4.90 Å². The molecule has 2 aromatic rings. The topological polar surface area (TPSA) is 62.2 Å². The number of anilines is 1. The minimum absolute atomic E-state index is 0.182. The van der Waals surface area contributed by atoms with Crippen molar-refractivity contribution >= 4 is 11.7 Å². The first-order chi connectivity index (χ1) is 13.4. The molecule has 4 rings (SSSR count). The molecule has 1 saturated carbocycles. The number of hydrogen-bond acceptors (Lipinski definition) is 5. The Morgan fingerprint density at radius 3 is 2.29 bits per heavy atom. The summed E-state index contributed by atoms with van der Waals surface area (Å²) < 4.78 is 37.9. The second-order valence-corrected chi connectivity index (χ2v) is 7.16. The van der Waals surface area contributed by atoms with Crippen molar-refractivity contribution in [3.05, 3.63) is 48.2 Å². The average molecular weight is 391 g/mol. The van der Waals surface area contributed by atoms with Gasteiger partial charge < -0.3 is 9.80 Å². The largest absolute Gasteiger partial charge is 0.433 e. The lowest BCUT2D eigenvalue weighted by Crippen LogP contribution is -2.48. The third-order valence-corrected chi connectivity index (χ3v) is 5.22. The van der Waals surface area contributed by atoms with Crippen LogP contribution in [0.1, 0.15) is 41.7 Å². The first-order valence-corrected chi connectivity index (χ1v) is 9.30. The molecule has 3 heterocycles. The number of likely N-dealkylation sites (tertiary alicyclic amines) is 1. The zero-order valence-electron chi connectivity index (χ0n) is 15.1. The molecule has 1 aliphatic carbocycles. The highest BCUT2D eigenvalue weighted by Gasteiger charge is 2.37. The van der Waals surface area contributed by atoms with Gasteiger partial charge in [0.1, 0.15) is 17.8 Å². The van der Waals surface area contributed by atoms with Crippen LogP contribution >= 0.6 is 0 Å². The maximum absolute atomic E-state index is 12.6. The van der Waals surface area contributed by atoms with E-state index in [0.717, 1.165) is 43.8 Å². The Morgan fingerprint density at radius 1 is 1.04 bits per heavy atom. The van der Waals surface area contributed by atoms with Gasteiger partial charge in [0, 0.05) is 37.6 Å². The molecule has 9 heteroatoms. The number of piperidine rings is 1. The maximum atomic E-state index is 12.6. The molecule has 0 bridgehead atoms. The highest BCUT2D eigenvalue weighted by molar-refractivity contribution is 5.94. The van der Waals surface area contributed by atoms with Crippen LogP contribution in [0, 0.1) is 0 Å². The van der Waals surface area contributed by atoms with Gasteiger partial charge in [0.15, 0.2) is 0 Å². The first-order valence-electron chi connectivity index (χ1n) is 9.30. The molecule has 1 saturated heterocycles. The van der Waals surface area contributed by atoms with E-state index in [2.05, 4.69) is 19.9 Å². The predicted octanol–water partition coefficient (Wildman–Crippen LogP) is 3.16. The van der Waals surface area contributed by atoms with Crippen molar-refractivity contribution in [3.8, 4) is 0 Å². The standard InChI is InChI=1S/C19H20F3N5O/c20-19(21,22)16-4-1-13(11-24-16)18(28)26-9-6-15(7-10-26)27(14-2-3-14)17-5-8-23-12-25-17/h1,4-5,8,11-12,14-15H,2-3,6-7,9-10H2. The fraction of sp³-hybridized carbons (Fsp3) is 0.474. The lowest BCUT2D eigenvalue weighted by Gasteiger charge is -2.39. The van der Waals surface area contributed by atoms with Crippen molar-refractivity contribution in [1.82, 2.24) is 19.9 Å². The third kappa shape index (κ3) is 3.93. The van der Waals surface area contributed by atoms with Gasteiger partial charge in [-0.25, -0.2) is 9.97 Å². The van der Waals surface area contributed by atoms with E-state index < -0.39 is 11.9 Å². The summed E-state index contributed by atoms with van der Waals surface area (Å²) in [5, 5.41) is 0. The van der Waals surface area contributed by atoms with Crippen molar-refractivity contribution in [2.24, 2.45) is 0 Å². The molecular weight excluding hydrogens is 371 g/mol. The number of carbonyl (C=O) groups is 1. The lowest BCUT2D eigenvalue weighted by molar-refractivity contribution is -0.141. The summed E-state index contributed by atoms with van der Waals surface area (Å²) in [6, 6.07) is 4.73. The van der Waals surface area contributed by atoms with Crippen LogP contribution in [-0.4, -0.2) is 50.9 Å². The normalized spacial score (nSPS) is 18.2. The Kier molecular flexibility index (Phi) is 4.91. The van der Waals surface area contributed by atoms with E-state index in [9.17, 15) is 18.0 Å². The van der Waals surface area contributed by atoms with Crippen molar-refractivity contribution in [1.29, 1.82) is 0 Å². The van der Waals surface area contributed by atoms with Crippen molar-refractivity contribution in [2.45, 2.75) is 43.9 Å². The molecule has 148 valence electrons. The summed E-state index contributed by atoms with van der Waals surface area (Å²) >= 11 is 0. The lowest BCUT2D eigenvalue weighted by atomic mass is 10.0. The van der Waals surface area contributed by atoms with Crippen molar-refractivity contribution in [2.75, 3.05) is 18.0 Å². The number of amides is 1. The van der Waals surface area contributed by atoms with Crippen LogP contribution in [0.4, 0.5) is 19.0 Å². The minimum Gasteiger partial charge on any atom is -0.350 e. The minimum atomic E-state index is -4.51. The number of halogens is 3. The van der Waals surface area contributed by atoms with Gasteiger partial charge in [0.2, 0.25) is 0 Å². The highest BCUT2D eigenvalue weighted by Crippen LogP contribution is 2.35. The highest BCUT2D eigenvalue weighted by atomic mass is 19.4. The smallest absolute Gasteiger partial charge is 0.350 e. The molecule has 1 amide bonds. The number of rotatable bonds is 4. The van der Waals surface area contributed by atoms with Gasteiger partial charge in [-0.1, -0.05) is 0 Å². The summed E-state index contributed by atoms with van der Waals surface area (Å²) in [7, 11) is 0. The zero-order valence-corrected chi connectivity index (χ0v) is 15.1. The van der Waals surface area contributed by atoms with Crippen LogP contribution in [0.15, 0.2) is 36.9 Å². The monoisotopic (exact) mass is 391 g/mol. The van der Waals surface area contributed by atoms with E-state index in [1.54, 1.807) is 17.4 Å². The molecule has 2 fully saturated rings. The molecule has 6 nitrogen and oxygen atoms in total. The molecule has 0 aromatic carbocycles. The molecule has 0 N–H and O–H groups in total. The number of aromatic nitrogens is 3. The quantitative estimate of drug-likeness (QED) is 0.801. The van der Waals surface area contributed by atoms with Crippen LogP contribution in [0.25, 0.3) is 0 Å². The number of carbonyl (C=O) groups excluding carboxylic acids is 1. The second kappa shape index (κ2) is 7.37. The molecule has 0 spiro atoms. The molecule has 0 atom stereocenters. The molecule has 0 radical (unpaired) electrons. The SMILES string of the molecule is O=C(c1ccc(C(F)(F)F)nc1)N1CCC(N(c2ccncn2)C2CC2)CC1. The predicted molar refractivity (Wildman–Crippen MR) is 95.7 cm³/mol. The Hall–Kier alpha value is -2.71. The van der Waals surface area contributed by atoms with Crippen molar-refractivity contribution in [3.63, 3.8) is 0 Å². The fourth-order valence-corrected chi connectivity index (χ4v) is 3.68. The fourth-order valence-electron chi connectivity index (χ4n) is 3.68. The van der Waals surface area contributed by atoms with Gasteiger partial charge in [-0.2, -0.15) is 13.2 Å². The molecule has 28 heavy (non-hydrogen) atoms. The van der Waals surface area contributed by atoms with E-state index in [0.29, 0.717) is 19.1 Å². The van der Waals surface area contributed by atoms with E-state index in [1.807, 2.05) is 6.07 Å². The number of nitrogens with zero attached hydrogens (tertiary/aromatic N) is 5. The van der Waals surface area contributed by atoms with Crippen molar-refractivity contribution < 1.29 is 18.0 Å². The second-order valence-electron chi connectivity index (χ2n) is 7.16. The Labute approximate surface area is 160 Å². The van der Waals surface area contributed by atoms with Crippen LogP contribution in [0.2, 0.25) is 0 Å². The molecule has 1 aliphatic heterocycles. The summed E-state index contributed by atoms with van der Waals surface area (Å²) in [6.45, 7) is 1.11. The van der Waals surface area contributed by atoms with Gasteiger partial charge in [0.05, 0.1) is 5.56 Å². The summed E-state index contributed by atoms with van der Waals surface area (Å²) in [5.74, 6) is 0.633. The van der Waals surface area contributed by atoms with E-state index in [4.69, 9.17) is 0 Å². The average Bonchev–Trinajstić information content (AvgIpc) is 3.53. The number of alkyl halides is 3. The summed E-state index contributed by atoms with van der Waals surface area (Å²) in [4.78, 5) is 28.4. The summed E-state index contributed by atoms with van der Waals surface area (Å²) in [5.41, 5.74) is -0.811. The molecule has 0 unspecified atom stereocenters. The van der Waals surface area contributed by atoms with Crippen LogP contribution in [0.3, 0.4) is 0 Å². The van der Waals surface area contributed by atoms with E-state index in [-0.39, 0.29) is 17.5 Å². The van der Waals surface area contributed by atoms with Gasteiger partial charge in [-0.3, -0.25) is 9.78 Å². The van der Waals surface area contributed by atoms with E-state index >= 15 is 0 Å². The van der Waals surface area contributed by atoms with E-state index in [1.165, 1.54) is 6.07 Å². The Morgan fingerprint density at radius 2 is 1.75 bits per heavy atom. The Balaban J connectivity index is 1.40. The van der Waals surface area contributed by atoms with Gasteiger partial charge in [-0.15, -0.1) is 0 Å². The van der Waals surface area contributed by atoms with Gasteiger partial charge in [0.25, 0.3) is 5.91 Å². The molecule has 2 aliphatic rings. The van der Waals surface area contributed by atoms with Crippen LogP contribution in [-0.2, 0) is 6.18 Å². The Bertz CT molecular complexity index is 816. The maximum Gasteiger partial charge on any atom is 0.433 e. The summed E-state index contributed by atoms with van der Waals surface area (Å²) in [6.07, 6.45) is 3.64. The number of hydrogen-bond donors (Lipinski definition) is 0. The zero-order chi connectivity index (χ0) is 19.7.